The first kappa shape index (κ1) is 19.0. The molecular formula is C22H17NO5. The van der Waals surface area contributed by atoms with Gasteiger partial charge in [-0.2, -0.15) is 0 Å². The second kappa shape index (κ2) is 8.71. The van der Waals surface area contributed by atoms with E-state index < -0.39 is 17.8 Å². The summed E-state index contributed by atoms with van der Waals surface area (Å²) >= 11 is 0. The van der Waals surface area contributed by atoms with Gasteiger partial charge in [0.05, 0.1) is 6.54 Å². The second-order valence-electron chi connectivity index (χ2n) is 5.88. The molecule has 1 heterocycles. The summed E-state index contributed by atoms with van der Waals surface area (Å²) in [5, 5.41) is 21.1. The van der Waals surface area contributed by atoms with Gasteiger partial charge in [-0.3, -0.25) is 9.59 Å². The molecule has 3 N–H and O–H groups in total. The van der Waals surface area contributed by atoms with Gasteiger partial charge in [-0.25, -0.2) is 0 Å². The van der Waals surface area contributed by atoms with Gasteiger partial charge in [0.15, 0.2) is 5.76 Å². The van der Waals surface area contributed by atoms with Crippen LogP contribution >= 0.6 is 0 Å². The Morgan fingerprint density at radius 2 is 1.64 bits per heavy atom. The van der Waals surface area contributed by atoms with Crippen molar-refractivity contribution in [1.29, 1.82) is 0 Å². The maximum Gasteiger partial charge on any atom is 0.251 e. The van der Waals surface area contributed by atoms with Crippen molar-refractivity contribution in [2.75, 3.05) is 0 Å². The number of aliphatic hydroxyl groups is 1. The Morgan fingerprint density at radius 3 is 2.29 bits per heavy atom. The minimum atomic E-state index is -0.680. The van der Waals surface area contributed by atoms with Gasteiger partial charge >= 0.3 is 0 Å². The highest BCUT2D eigenvalue weighted by Crippen LogP contribution is 2.13. The lowest BCUT2D eigenvalue weighted by Gasteiger charge is -2.07. The molecule has 28 heavy (non-hydrogen) atoms. The average Bonchev–Trinajstić information content (AvgIpc) is 2.73. The predicted octanol–water partition coefficient (Wildman–Crippen LogP) is 2.17. The Hall–Kier alpha value is -3.82. The summed E-state index contributed by atoms with van der Waals surface area (Å²) in [6.07, 6.45) is 0. The molecule has 0 aliphatic heterocycles. The summed E-state index contributed by atoms with van der Waals surface area (Å²) in [5.74, 6) is 4.97. The van der Waals surface area contributed by atoms with Crippen molar-refractivity contribution in [3.05, 3.63) is 99.1 Å². The number of carbonyl (C=O) groups excluding carboxylic acids is 1. The van der Waals surface area contributed by atoms with Gasteiger partial charge < -0.3 is 19.9 Å². The molecule has 0 atom stereocenters. The van der Waals surface area contributed by atoms with E-state index >= 15 is 0 Å². The zero-order valence-corrected chi connectivity index (χ0v) is 14.8. The Morgan fingerprint density at radius 1 is 1.00 bits per heavy atom. The maximum absolute atomic E-state index is 12.2. The molecule has 140 valence electrons. The molecular weight excluding hydrogens is 358 g/mol. The number of hydrogen-bond donors (Lipinski definition) is 3. The Labute approximate surface area is 161 Å². The van der Waals surface area contributed by atoms with Crippen LogP contribution in [0, 0.1) is 11.8 Å². The Kier molecular flexibility index (Phi) is 5.90. The number of aliphatic hydroxyl groups excluding tert-OH is 1. The van der Waals surface area contributed by atoms with Gasteiger partial charge in [0, 0.05) is 22.8 Å². The molecule has 6 nitrogen and oxygen atoms in total. The SMILES string of the molecule is O=C(NCc1cc(=O)c(O)c(CO)o1)c1ccc(C#Cc2ccccc2)cc1. The van der Waals surface area contributed by atoms with Gasteiger partial charge in [0.1, 0.15) is 12.4 Å². The molecule has 3 aromatic rings. The molecule has 1 amide bonds. The van der Waals surface area contributed by atoms with E-state index in [0.717, 1.165) is 17.2 Å². The third-order valence-corrected chi connectivity index (χ3v) is 3.88. The van der Waals surface area contributed by atoms with Crippen molar-refractivity contribution in [1.82, 2.24) is 5.32 Å². The third-order valence-electron chi connectivity index (χ3n) is 3.88. The zero-order valence-electron chi connectivity index (χ0n) is 14.8. The van der Waals surface area contributed by atoms with E-state index in [9.17, 15) is 14.7 Å². The van der Waals surface area contributed by atoms with Crippen molar-refractivity contribution in [3.8, 4) is 17.6 Å². The molecule has 0 aliphatic carbocycles. The Balaban J connectivity index is 1.65. The van der Waals surface area contributed by atoms with Crippen LogP contribution in [0.15, 0.2) is 69.9 Å². The number of rotatable bonds is 4. The lowest BCUT2D eigenvalue weighted by molar-refractivity contribution is 0.0947. The topological polar surface area (TPSA) is 99.8 Å². The van der Waals surface area contributed by atoms with Crippen LogP contribution in [0.3, 0.4) is 0 Å². The molecule has 0 spiro atoms. The summed E-state index contributed by atoms with van der Waals surface area (Å²) in [6, 6.07) is 17.4. The summed E-state index contributed by atoms with van der Waals surface area (Å²) in [4.78, 5) is 23.8. The number of aromatic hydroxyl groups is 1. The molecule has 0 bridgehead atoms. The number of hydrogen-bond acceptors (Lipinski definition) is 5. The van der Waals surface area contributed by atoms with E-state index in [-0.39, 0.29) is 24.0 Å². The fourth-order valence-corrected chi connectivity index (χ4v) is 2.42. The highest BCUT2D eigenvalue weighted by atomic mass is 16.4. The lowest BCUT2D eigenvalue weighted by Crippen LogP contribution is -2.23. The molecule has 0 radical (unpaired) electrons. The summed E-state index contributed by atoms with van der Waals surface area (Å²) in [5.41, 5.74) is 1.43. The van der Waals surface area contributed by atoms with Crippen LogP contribution in [0.25, 0.3) is 0 Å². The molecule has 0 fully saturated rings. The maximum atomic E-state index is 12.2. The first-order valence-corrected chi connectivity index (χ1v) is 8.48. The normalized spacial score (nSPS) is 10.0. The fraction of sp³-hybridized carbons (Fsp3) is 0.0909. The highest BCUT2D eigenvalue weighted by molar-refractivity contribution is 5.94. The Bertz CT molecular complexity index is 1090. The highest BCUT2D eigenvalue weighted by Gasteiger charge is 2.11. The van der Waals surface area contributed by atoms with Crippen molar-refractivity contribution >= 4 is 5.91 Å². The molecule has 0 saturated carbocycles. The first-order valence-electron chi connectivity index (χ1n) is 8.48. The van der Waals surface area contributed by atoms with E-state index in [1.165, 1.54) is 0 Å². The minimum Gasteiger partial charge on any atom is -0.502 e. The van der Waals surface area contributed by atoms with E-state index in [0.29, 0.717) is 5.56 Å². The quantitative estimate of drug-likeness (QED) is 0.607. The third kappa shape index (κ3) is 4.67. The monoisotopic (exact) mass is 375 g/mol. The van der Waals surface area contributed by atoms with Crippen molar-refractivity contribution < 1.29 is 19.4 Å². The molecule has 2 aromatic carbocycles. The minimum absolute atomic E-state index is 0.0586. The smallest absolute Gasteiger partial charge is 0.251 e. The molecule has 6 heteroatoms. The van der Waals surface area contributed by atoms with E-state index in [2.05, 4.69) is 17.2 Å². The summed E-state index contributed by atoms with van der Waals surface area (Å²) in [7, 11) is 0. The van der Waals surface area contributed by atoms with Crippen molar-refractivity contribution in [2.45, 2.75) is 13.2 Å². The van der Waals surface area contributed by atoms with Crippen LogP contribution in [0.2, 0.25) is 0 Å². The van der Waals surface area contributed by atoms with Gasteiger partial charge in [-0.1, -0.05) is 30.0 Å². The fourth-order valence-electron chi connectivity index (χ4n) is 2.42. The predicted molar refractivity (Wildman–Crippen MR) is 103 cm³/mol. The van der Waals surface area contributed by atoms with Crippen LogP contribution in [0.4, 0.5) is 0 Å². The van der Waals surface area contributed by atoms with E-state index in [4.69, 9.17) is 9.52 Å². The molecule has 3 rings (SSSR count). The summed E-state index contributed by atoms with van der Waals surface area (Å²) < 4.78 is 5.18. The van der Waals surface area contributed by atoms with E-state index in [1.807, 2.05) is 30.3 Å². The number of amides is 1. The van der Waals surface area contributed by atoms with Crippen LogP contribution < -0.4 is 10.7 Å². The van der Waals surface area contributed by atoms with Crippen LogP contribution in [0.5, 0.6) is 5.75 Å². The van der Waals surface area contributed by atoms with Gasteiger partial charge in [-0.15, -0.1) is 0 Å². The van der Waals surface area contributed by atoms with Gasteiger partial charge in [0.25, 0.3) is 5.91 Å². The molecule has 0 unspecified atom stereocenters. The molecule has 0 aliphatic rings. The molecule has 1 aromatic heterocycles. The van der Waals surface area contributed by atoms with E-state index in [1.54, 1.807) is 24.3 Å². The first-order chi connectivity index (χ1) is 13.6. The largest absolute Gasteiger partial charge is 0.502 e. The van der Waals surface area contributed by atoms with Gasteiger partial charge in [-0.05, 0) is 36.4 Å². The average molecular weight is 375 g/mol. The molecule has 0 saturated heterocycles. The second-order valence-corrected chi connectivity index (χ2v) is 5.88. The van der Waals surface area contributed by atoms with Gasteiger partial charge in [0.2, 0.25) is 11.2 Å². The standard InChI is InChI=1S/C22H17NO5/c24-14-20-21(26)19(25)12-18(28-20)13-23-22(27)17-10-8-16(9-11-17)7-6-15-4-2-1-3-5-15/h1-5,8-12,24,26H,13-14H2,(H,23,27). The number of benzene rings is 2. The number of carbonyl (C=O) groups is 1. The zero-order chi connectivity index (χ0) is 19.9. The number of nitrogens with one attached hydrogen (secondary N) is 1. The van der Waals surface area contributed by atoms with Crippen molar-refractivity contribution in [2.24, 2.45) is 0 Å². The lowest BCUT2D eigenvalue weighted by atomic mass is 10.1. The summed E-state index contributed by atoms with van der Waals surface area (Å²) in [6.45, 7) is -0.675. The van der Waals surface area contributed by atoms with Crippen molar-refractivity contribution in [3.63, 3.8) is 0 Å². The van der Waals surface area contributed by atoms with Crippen LogP contribution in [-0.4, -0.2) is 16.1 Å². The van der Waals surface area contributed by atoms with Crippen LogP contribution in [0.1, 0.15) is 33.0 Å². The van der Waals surface area contributed by atoms with Crippen LogP contribution in [-0.2, 0) is 13.2 Å².